The van der Waals surface area contributed by atoms with Gasteiger partial charge in [-0.25, -0.2) is 4.79 Å². The van der Waals surface area contributed by atoms with Crippen molar-refractivity contribution in [2.45, 2.75) is 45.4 Å². The molecule has 0 saturated carbocycles. The van der Waals surface area contributed by atoms with Crippen LogP contribution in [0.15, 0.2) is 72.8 Å². The summed E-state index contributed by atoms with van der Waals surface area (Å²) in [5.41, 5.74) is 5.85. The van der Waals surface area contributed by atoms with Gasteiger partial charge in [0.15, 0.2) is 6.61 Å². The molecule has 1 atom stereocenters. The van der Waals surface area contributed by atoms with Crippen molar-refractivity contribution in [3.8, 4) is 5.75 Å². The maximum absolute atomic E-state index is 13.1. The number of fused-ring (bicyclic) bond motifs is 1. The van der Waals surface area contributed by atoms with Crippen LogP contribution >= 0.6 is 0 Å². The van der Waals surface area contributed by atoms with Crippen LogP contribution in [0.2, 0.25) is 0 Å². The topological polar surface area (TPSA) is 78.9 Å². The normalized spacial score (nSPS) is 14.4. The van der Waals surface area contributed by atoms with Crippen LogP contribution in [-0.4, -0.2) is 48.1 Å². The summed E-state index contributed by atoms with van der Waals surface area (Å²) < 4.78 is 5.50. The summed E-state index contributed by atoms with van der Waals surface area (Å²) in [6, 6.07) is 24.6. The average molecular weight is 515 g/mol. The van der Waals surface area contributed by atoms with E-state index in [-0.39, 0.29) is 19.1 Å². The van der Waals surface area contributed by atoms with Crippen molar-refractivity contribution in [1.29, 1.82) is 0 Å². The summed E-state index contributed by atoms with van der Waals surface area (Å²) >= 11 is 0. The fraction of sp³-hybridized carbons (Fsp3) is 0.375. The van der Waals surface area contributed by atoms with Crippen LogP contribution < -0.4 is 10.1 Å². The molecule has 0 bridgehead atoms. The smallest absolute Gasteiger partial charge is 0.341 e. The standard InChI is InChI=1S/C32H38N2O4/c1-2-18-34(19-17-26-13-16-29-27(21-26)9-6-10-30(29)38-23-32(36)37)31(35)22-33-28-14-11-25(12-15-28)20-24-7-4-3-5-8-24/h3-12,14-15,26,33H,2,13,16-23H2,1H3,(H,36,37). The second-order valence-corrected chi connectivity index (χ2v) is 10.1. The van der Waals surface area contributed by atoms with Gasteiger partial charge in [-0.2, -0.15) is 0 Å². The van der Waals surface area contributed by atoms with Gasteiger partial charge in [-0.05, 0) is 84.9 Å². The highest BCUT2D eigenvalue weighted by Gasteiger charge is 2.23. The summed E-state index contributed by atoms with van der Waals surface area (Å²) in [6.45, 7) is 3.58. The number of carboxylic acid groups (broad SMARTS) is 1. The second-order valence-electron chi connectivity index (χ2n) is 10.1. The first-order valence-corrected chi connectivity index (χ1v) is 13.6. The first-order valence-electron chi connectivity index (χ1n) is 13.6. The van der Waals surface area contributed by atoms with Gasteiger partial charge in [-0.1, -0.05) is 61.5 Å². The van der Waals surface area contributed by atoms with Gasteiger partial charge in [-0.15, -0.1) is 0 Å². The third-order valence-corrected chi connectivity index (χ3v) is 7.19. The van der Waals surface area contributed by atoms with Gasteiger partial charge in [0, 0.05) is 18.8 Å². The fourth-order valence-corrected chi connectivity index (χ4v) is 5.20. The number of ether oxygens (including phenoxy) is 1. The molecule has 0 spiro atoms. The number of anilines is 1. The van der Waals surface area contributed by atoms with E-state index < -0.39 is 5.97 Å². The van der Waals surface area contributed by atoms with Crippen molar-refractivity contribution in [2.24, 2.45) is 5.92 Å². The molecule has 4 rings (SSSR count). The van der Waals surface area contributed by atoms with Crippen LogP contribution in [0.1, 0.15) is 48.4 Å². The van der Waals surface area contributed by atoms with Gasteiger partial charge in [-0.3, -0.25) is 4.79 Å². The number of hydrogen-bond donors (Lipinski definition) is 2. The number of carboxylic acids is 1. The minimum atomic E-state index is -0.966. The summed E-state index contributed by atoms with van der Waals surface area (Å²) in [6.07, 6.45) is 5.60. The Balaban J connectivity index is 1.26. The molecule has 3 aromatic rings. The Morgan fingerprint density at radius 3 is 2.47 bits per heavy atom. The summed E-state index contributed by atoms with van der Waals surface area (Å²) in [5.74, 6) is 0.340. The molecule has 0 aromatic heterocycles. The van der Waals surface area contributed by atoms with E-state index in [1.54, 1.807) is 0 Å². The molecule has 0 saturated heterocycles. The highest BCUT2D eigenvalue weighted by Crippen LogP contribution is 2.33. The largest absolute Gasteiger partial charge is 0.482 e. The number of benzene rings is 3. The third-order valence-electron chi connectivity index (χ3n) is 7.19. The number of hydrogen-bond acceptors (Lipinski definition) is 4. The molecule has 6 heteroatoms. The summed E-state index contributed by atoms with van der Waals surface area (Å²) in [4.78, 5) is 25.9. The van der Waals surface area contributed by atoms with E-state index >= 15 is 0 Å². The predicted octanol–water partition coefficient (Wildman–Crippen LogP) is 5.59. The fourth-order valence-electron chi connectivity index (χ4n) is 5.20. The Morgan fingerprint density at radius 1 is 0.974 bits per heavy atom. The Morgan fingerprint density at radius 2 is 1.74 bits per heavy atom. The lowest BCUT2D eigenvalue weighted by atomic mass is 9.82. The summed E-state index contributed by atoms with van der Waals surface area (Å²) in [5, 5.41) is 12.2. The zero-order valence-corrected chi connectivity index (χ0v) is 22.2. The molecule has 1 amide bonds. The molecule has 1 aliphatic carbocycles. The zero-order valence-electron chi connectivity index (χ0n) is 22.2. The van der Waals surface area contributed by atoms with Gasteiger partial charge in [0.05, 0.1) is 6.54 Å². The van der Waals surface area contributed by atoms with Gasteiger partial charge < -0.3 is 20.1 Å². The molecule has 200 valence electrons. The monoisotopic (exact) mass is 514 g/mol. The Hall–Kier alpha value is -3.80. The van der Waals surface area contributed by atoms with Crippen LogP contribution in [0, 0.1) is 5.92 Å². The van der Waals surface area contributed by atoms with E-state index in [0.717, 1.165) is 62.9 Å². The minimum Gasteiger partial charge on any atom is -0.482 e. The van der Waals surface area contributed by atoms with Gasteiger partial charge in [0.25, 0.3) is 0 Å². The molecule has 0 fully saturated rings. The van der Waals surface area contributed by atoms with Gasteiger partial charge in [0.2, 0.25) is 5.91 Å². The average Bonchev–Trinajstić information content (AvgIpc) is 2.94. The van der Waals surface area contributed by atoms with Crippen molar-refractivity contribution in [2.75, 3.05) is 31.6 Å². The van der Waals surface area contributed by atoms with E-state index in [2.05, 4.69) is 54.7 Å². The molecule has 2 N–H and O–H groups in total. The Bertz CT molecular complexity index is 1190. The Kier molecular flexibility index (Phi) is 9.79. The van der Waals surface area contributed by atoms with Crippen molar-refractivity contribution in [1.82, 2.24) is 4.90 Å². The molecule has 3 aromatic carbocycles. The highest BCUT2D eigenvalue weighted by atomic mass is 16.5. The number of aliphatic carboxylic acids is 1. The molecule has 38 heavy (non-hydrogen) atoms. The second kappa shape index (κ2) is 13.7. The van der Waals surface area contributed by atoms with Crippen LogP contribution in [0.25, 0.3) is 0 Å². The van der Waals surface area contributed by atoms with Crippen molar-refractivity contribution in [3.63, 3.8) is 0 Å². The van der Waals surface area contributed by atoms with Gasteiger partial charge in [0.1, 0.15) is 5.75 Å². The first kappa shape index (κ1) is 27.2. The third kappa shape index (κ3) is 7.85. The molecule has 0 heterocycles. The molecule has 0 radical (unpaired) electrons. The number of nitrogens with one attached hydrogen (secondary N) is 1. The van der Waals surface area contributed by atoms with Crippen LogP contribution in [-0.2, 0) is 28.9 Å². The Labute approximate surface area is 225 Å². The van der Waals surface area contributed by atoms with Crippen LogP contribution in [0.3, 0.4) is 0 Å². The van der Waals surface area contributed by atoms with E-state index in [9.17, 15) is 9.59 Å². The number of rotatable bonds is 13. The number of nitrogens with zero attached hydrogens (tertiary/aromatic N) is 1. The maximum atomic E-state index is 13.1. The quantitative estimate of drug-likeness (QED) is 0.311. The molecule has 1 unspecified atom stereocenters. The van der Waals surface area contributed by atoms with Gasteiger partial charge >= 0.3 is 5.97 Å². The SMILES string of the molecule is CCCN(CCC1CCc2c(cccc2OCC(=O)O)C1)C(=O)CNc1ccc(Cc2ccccc2)cc1. The molecule has 0 aliphatic heterocycles. The number of carbonyl (C=O) groups excluding carboxylic acids is 1. The minimum absolute atomic E-state index is 0.126. The lowest BCUT2D eigenvalue weighted by Crippen LogP contribution is -2.38. The lowest BCUT2D eigenvalue weighted by Gasteiger charge is -2.29. The number of amides is 1. The molecular formula is C32H38N2O4. The first-order chi connectivity index (χ1) is 18.5. The highest BCUT2D eigenvalue weighted by molar-refractivity contribution is 5.80. The maximum Gasteiger partial charge on any atom is 0.341 e. The van der Waals surface area contributed by atoms with Crippen LogP contribution in [0.4, 0.5) is 5.69 Å². The molecule has 1 aliphatic rings. The summed E-state index contributed by atoms with van der Waals surface area (Å²) in [7, 11) is 0. The molecular weight excluding hydrogens is 476 g/mol. The van der Waals surface area contributed by atoms with Crippen molar-refractivity contribution >= 4 is 17.6 Å². The van der Waals surface area contributed by atoms with E-state index in [1.165, 1.54) is 16.7 Å². The van der Waals surface area contributed by atoms with E-state index in [1.807, 2.05) is 35.2 Å². The van der Waals surface area contributed by atoms with E-state index in [4.69, 9.17) is 9.84 Å². The van der Waals surface area contributed by atoms with E-state index in [0.29, 0.717) is 11.7 Å². The van der Waals surface area contributed by atoms with Crippen LogP contribution in [0.5, 0.6) is 5.75 Å². The van der Waals surface area contributed by atoms with Crippen molar-refractivity contribution in [3.05, 3.63) is 95.1 Å². The number of carbonyl (C=O) groups is 2. The van der Waals surface area contributed by atoms with Crippen molar-refractivity contribution < 1.29 is 19.4 Å². The predicted molar refractivity (Wildman–Crippen MR) is 151 cm³/mol. The lowest BCUT2D eigenvalue weighted by molar-refractivity contribution is -0.139. The zero-order chi connectivity index (χ0) is 26.7. The molecule has 6 nitrogen and oxygen atoms in total.